The van der Waals surface area contributed by atoms with E-state index in [1.54, 1.807) is 4.68 Å². The molecule has 0 aliphatic carbocycles. The quantitative estimate of drug-likeness (QED) is 0.742. The number of rotatable bonds is 4. The third-order valence-electron chi connectivity index (χ3n) is 1.68. The summed E-state index contributed by atoms with van der Waals surface area (Å²) < 4.78 is 1.59. The highest BCUT2D eigenvalue weighted by molar-refractivity contribution is 6.33. The summed E-state index contributed by atoms with van der Waals surface area (Å²) in [6.45, 7) is 2.66. The molecule has 0 aliphatic heterocycles. The number of aromatic nitrogens is 2. The first-order valence-corrected chi connectivity index (χ1v) is 4.53. The fourth-order valence-electron chi connectivity index (χ4n) is 1.12. The number of nitrogens with zero attached hydrogens (tertiary/aromatic N) is 2. The molecule has 1 heterocycles. The number of carbonyl (C=O) groups excluding carboxylic acids is 1. The van der Waals surface area contributed by atoms with Gasteiger partial charge in [0.05, 0.1) is 17.8 Å². The first-order chi connectivity index (χ1) is 6.20. The van der Waals surface area contributed by atoms with E-state index in [0.29, 0.717) is 17.3 Å². The lowest BCUT2D eigenvalue weighted by atomic mass is 10.3. The van der Waals surface area contributed by atoms with Crippen LogP contribution in [0.1, 0.15) is 23.8 Å². The van der Waals surface area contributed by atoms with Gasteiger partial charge in [0.15, 0.2) is 5.78 Å². The van der Waals surface area contributed by atoms with Crippen molar-refractivity contribution >= 4 is 17.4 Å². The second kappa shape index (κ2) is 4.39. The van der Waals surface area contributed by atoms with Gasteiger partial charge in [0.1, 0.15) is 5.69 Å². The smallest absolute Gasteiger partial charge is 0.195 e. The average molecular weight is 202 g/mol. The summed E-state index contributed by atoms with van der Waals surface area (Å²) in [7, 11) is 0. The summed E-state index contributed by atoms with van der Waals surface area (Å²) in [6, 6.07) is 0. The number of halogens is 1. The van der Waals surface area contributed by atoms with E-state index in [9.17, 15) is 4.79 Å². The summed E-state index contributed by atoms with van der Waals surface area (Å²) >= 11 is 5.79. The van der Waals surface area contributed by atoms with Crippen LogP contribution in [-0.4, -0.2) is 22.1 Å². The van der Waals surface area contributed by atoms with Crippen molar-refractivity contribution in [3.8, 4) is 0 Å². The van der Waals surface area contributed by atoms with Gasteiger partial charge >= 0.3 is 0 Å². The van der Waals surface area contributed by atoms with Crippen LogP contribution in [-0.2, 0) is 6.54 Å². The topological polar surface area (TPSA) is 60.9 Å². The van der Waals surface area contributed by atoms with E-state index in [1.165, 1.54) is 6.20 Å². The summed E-state index contributed by atoms with van der Waals surface area (Å²) in [5.74, 6) is -0.170. The van der Waals surface area contributed by atoms with Gasteiger partial charge in [-0.15, -0.1) is 0 Å². The lowest BCUT2D eigenvalue weighted by molar-refractivity contribution is 0.0991. The molecule has 0 amide bonds. The molecule has 1 rings (SSSR count). The van der Waals surface area contributed by atoms with Crippen molar-refractivity contribution in [3.05, 3.63) is 16.9 Å². The third kappa shape index (κ3) is 2.08. The van der Waals surface area contributed by atoms with Crippen LogP contribution in [0.4, 0.5) is 0 Å². The number of Topliss-reactive ketones (excluding diaryl/α,β-unsaturated/α-hetero) is 1. The van der Waals surface area contributed by atoms with Gasteiger partial charge in [-0.3, -0.25) is 9.48 Å². The Morgan fingerprint density at radius 2 is 2.46 bits per heavy atom. The zero-order chi connectivity index (χ0) is 9.84. The number of carbonyl (C=O) groups is 1. The molecule has 72 valence electrons. The van der Waals surface area contributed by atoms with Gasteiger partial charge in [0, 0.05) is 6.54 Å². The number of nitrogens with two attached hydrogens (primary N) is 1. The fourth-order valence-corrected chi connectivity index (χ4v) is 1.36. The van der Waals surface area contributed by atoms with Gasteiger partial charge in [-0.2, -0.15) is 5.10 Å². The third-order valence-corrected chi connectivity index (χ3v) is 1.96. The largest absolute Gasteiger partial charge is 0.324 e. The molecule has 0 unspecified atom stereocenters. The zero-order valence-electron chi connectivity index (χ0n) is 7.46. The number of hydrogen-bond acceptors (Lipinski definition) is 3. The highest BCUT2D eigenvalue weighted by Gasteiger charge is 2.14. The van der Waals surface area contributed by atoms with Crippen molar-refractivity contribution in [1.82, 2.24) is 9.78 Å². The Morgan fingerprint density at radius 3 is 3.00 bits per heavy atom. The van der Waals surface area contributed by atoms with Crippen molar-refractivity contribution in [2.45, 2.75) is 19.9 Å². The summed E-state index contributed by atoms with van der Waals surface area (Å²) in [5.41, 5.74) is 5.67. The van der Waals surface area contributed by atoms with E-state index in [0.717, 1.165) is 6.42 Å². The van der Waals surface area contributed by atoms with Gasteiger partial charge in [0.25, 0.3) is 0 Å². The molecule has 13 heavy (non-hydrogen) atoms. The molecule has 0 aromatic carbocycles. The minimum atomic E-state index is -0.170. The Bertz CT molecular complexity index is 308. The van der Waals surface area contributed by atoms with Gasteiger partial charge in [0.2, 0.25) is 0 Å². The van der Waals surface area contributed by atoms with Crippen molar-refractivity contribution in [3.63, 3.8) is 0 Å². The van der Waals surface area contributed by atoms with Crippen LogP contribution in [0.25, 0.3) is 0 Å². The van der Waals surface area contributed by atoms with E-state index in [2.05, 4.69) is 5.10 Å². The molecule has 1 aromatic rings. The average Bonchev–Trinajstić information content (AvgIpc) is 2.47. The molecule has 4 nitrogen and oxygen atoms in total. The molecule has 0 aliphatic rings. The maximum Gasteiger partial charge on any atom is 0.195 e. The second-order valence-corrected chi connectivity index (χ2v) is 3.10. The van der Waals surface area contributed by atoms with Gasteiger partial charge in [-0.1, -0.05) is 18.5 Å². The Hall–Kier alpha value is -0.870. The predicted molar refractivity (Wildman–Crippen MR) is 50.9 cm³/mol. The molecule has 5 heteroatoms. The van der Waals surface area contributed by atoms with E-state index < -0.39 is 0 Å². The lowest BCUT2D eigenvalue weighted by Crippen LogP contribution is -2.19. The van der Waals surface area contributed by atoms with Crippen molar-refractivity contribution in [2.75, 3.05) is 6.54 Å². The van der Waals surface area contributed by atoms with E-state index in [1.807, 2.05) is 6.92 Å². The van der Waals surface area contributed by atoms with Crippen LogP contribution >= 0.6 is 11.6 Å². The maximum absolute atomic E-state index is 11.3. The van der Waals surface area contributed by atoms with E-state index in [4.69, 9.17) is 17.3 Å². The Morgan fingerprint density at radius 1 is 1.77 bits per heavy atom. The number of ketones is 1. The number of aryl methyl sites for hydroxylation is 1. The van der Waals surface area contributed by atoms with Crippen molar-refractivity contribution < 1.29 is 4.79 Å². The summed E-state index contributed by atoms with van der Waals surface area (Å²) in [5, 5.41) is 4.36. The highest BCUT2D eigenvalue weighted by Crippen LogP contribution is 2.15. The Kier molecular flexibility index (Phi) is 3.45. The molecule has 0 fully saturated rings. The van der Waals surface area contributed by atoms with Gasteiger partial charge < -0.3 is 5.73 Å². The molecular weight excluding hydrogens is 190 g/mol. The van der Waals surface area contributed by atoms with Gasteiger partial charge in [-0.05, 0) is 6.42 Å². The lowest BCUT2D eigenvalue weighted by Gasteiger charge is -2.03. The summed E-state index contributed by atoms with van der Waals surface area (Å²) in [6.07, 6.45) is 2.38. The van der Waals surface area contributed by atoms with Crippen LogP contribution in [0.2, 0.25) is 5.02 Å². The molecule has 2 N–H and O–H groups in total. The van der Waals surface area contributed by atoms with Gasteiger partial charge in [-0.25, -0.2) is 0 Å². The first kappa shape index (κ1) is 10.2. The molecular formula is C8H12ClN3O. The minimum Gasteiger partial charge on any atom is -0.324 e. The molecule has 0 bridgehead atoms. The molecule has 0 saturated heterocycles. The second-order valence-electron chi connectivity index (χ2n) is 2.69. The Balaban J connectivity index is 3.01. The van der Waals surface area contributed by atoms with Crippen LogP contribution in [0.3, 0.4) is 0 Å². The molecule has 0 radical (unpaired) electrons. The SMILES string of the molecule is CCCn1ncc(Cl)c1C(=O)CN. The first-order valence-electron chi connectivity index (χ1n) is 4.15. The zero-order valence-corrected chi connectivity index (χ0v) is 8.21. The van der Waals surface area contributed by atoms with E-state index in [-0.39, 0.29) is 12.3 Å². The summed E-state index contributed by atoms with van der Waals surface area (Å²) in [4.78, 5) is 11.3. The van der Waals surface area contributed by atoms with Crippen molar-refractivity contribution in [1.29, 1.82) is 0 Å². The normalized spacial score (nSPS) is 10.4. The number of hydrogen-bond donors (Lipinski definition) is 1. The molecule has 1 aromatic heterocycles. The Labute approximate surface area is 81.7 Å². The fraction of sp³-hybridized carbons (Fsp3) is 0.500. The molecule has 0 spiro atoms. The van der Waals surface area contributed by atoms with E-state index >= 15 is 0 Å². The monoisotopic (exact) mass is 201 g/mol. The molecule has 0 saturated carbocycles. The predicted octanol–water partition coefficient (Wildman–Crippen LogP) is 1.09. The standard InChI is InChI=1S/C8H12ClN3O/c1-2-3-12-8(7(13)4-10)6(9)5-11-12/h5H,2-4,10H2,1H3. The highest BCUT2D eigenvalue weighted by atomic mass is 35.5. The van der Waals surface area contributed by atoms with Crippen LogP contribution in [0, 0.1) is 0 Å². The van der Waals surface area contributed by atoms with Crippen LogP contribution in [0.5, 0.6) is 0 Å². The maximum atomic E-state index is 11.3. The van der Waals surface area contributed by atoms with Crippen LogP contribution in [0.15, 0.2) is 6.20 Å². The van der Waals surface area contributed by atoms with Crippen molar-refractivity contribution in [2.24, 2.45) is 5.73 Å². The van der Waals surface area contributed by atoms with Crippen LogP contribution < -0.4 is 5.73 Å². The minimum absolute atomic E-state index is 0.0326. The molecule has 0 atom stereocenters.